The number of carbonyl (C=O) groups excluding carboxylic acids is 1. The summed E-state index contributed by atoms with van der Waals surface area (Å²) in [6.07, 6.45) is 55.7. The summed E-state index contributed by atoms with van der Waals surface area (Å²) in [6.45, 7) is 4.06. The summed E-state index contributed by atoms with van der Waals surface area (Å²) in [5, 5.41) is 43.8. The molecular weight excluding hydrogens is 731 g/mol. The summed E-state index contributed by atoms with van der Waals surface area (Å²) in [7, 11) is 0. The van der Waals surface area contributed by atoms with Gasteiger partial charge in [-0.15, -0.1) is 0 Å². The molecule has 0 rings (SSSR count). The quantitative estimate of drug-likeness (QED) is 0.0310. The highest BCUT2D eigenvalue weighted by Gasteiger charge is 2.28. The Morgan fingerprint density at radius 1 is 0.407 bits per heavy atom. The van der Waals surface area contributed by atoms with Crippen LogP contribution in [-0.2, 0) is 4.79 Å². The molecule has 1 amide bonds. The van der Waals surface area contributed by atoms with E-state index >= 15 is 0 Å². The Hall–Kier alpha value is -0.950. The summed E-state index contributed by atoms with van der Waals surface area (Å²) < 4.78 is 0. The van der Waals surface area contributed by atoms with Crippen LogP contribution in [0.3, 0.4) is 0 Å². The molecule has 6 heteroatoms. The third kappa shape index (κ3) is 42.1. The van der Waals surface area contributed by atoms with Crippen LogP contribution in [0.2, 0.25) is 0 Å². The maximum absolute atomic E-state index is 12.5. The normalized spacial score (nSPS) is 13.9. The molecule has 0 aromatic heterocycles. The van der Waals surface area contributed by atoms with E-state index in [9.17, 15) is 25.2 Å². The first-order valence-electron chi connectivity index (χ1n) is 26.6. The van der Waals surface area contributed by atoms with Crippen LogP contribution in [0.15, 0.2) is 12.2 Å². The number of aliphatic hydroxyl groups excluding tert-OH is 4. The highest BCUT2D eigenvalue weighted by atomic mass is 16.3. The molecule has 0 radical (unpaired) electrons. The third-order valence-corrected chi connectivity index (χ3v) is 12.7. The molecule has 0 saturated carbocycles. The van der Waals surface area contributed by atoms with Gasteiger partial charge in [0.15, 0.2) is 0 Å². The average Bonchev–Trinajstić information content (AvgIpc) is 3.24. The molecule has 0 aliphatic carbocycles. The molecule has 0 bridgehead atoms. The highest BCUT2D eigenvalue weighted by Crippen LogP contribution is 2.18. The molecule has 5 N–H and O–H groups in total. The van der Waals surface area contributed by atoms with Crippen LogP contribution in [0, 0.1) is 0 Å². The second-order valence-electron chi connectivity index (χ2n) is 18.6. The van der Waals surface area contributed by atoms with Gasteiger partial charge in [0.1, 0.15) is 12.2 Å². The van der Waals surface area contributed by atoms with Gasteiger partial charge in [-0.05, 0) is 38.5 Å². The molecule has 0 heterocycles. The monoisotopic (exact) mass is 836 g/mol. The van der Waals surface area contributed by atoms with Gasteiger partial charge in [0, 0.05) is 0 Å². The SMILES string of the molecule is CCCCCCCCCCCCCCCCCCCCCCCCCCC/C=C/CCCC(O)C(O)C(CO)NC(=O)C(O)CCCCCCCCCCCCCCC. The predicted molar refractivity (Wildman–Crippen MR) is 256 cm³/mol. The Morgan fingerprint density at radius 2 is 0.695 bits per heavy atom. The maximum Gasteiger partial charge on any atom is 0.249 e. The summed E-state index contributed by atoms with van der Waals surface area (Å²) in [5.41, 5.74) is 0. The molecule has 0 aliphatic heterocycles. The second kappa shape index (κ2) is 48.1. The lowest BCUT2D eigenvalue weighted by molar-refractivity contribution is -0.132. The van der Waals surface area contributed by atoms with Crippen molar-refractivity contribution in [3.63, 3.8) is 0 Å². The van der Waals surface area contributed by atoms with Crippen LogP contribution in [0.1, 0.15) is 290 Å². The lowest BCUT2D eigenvalue weighted by Crippen LogP contribution is -2.53. The molecule has 352 valence electrons. The van der Waals surface area contributed by atoms with Gasteiger partial charge >= 0.3 is 0 Å². The van der Waals surface area contributed by atoms with E-state index in [0.29, 0.717) is 12.8 Å². The Kier molecular flexibility index (Phi) is 47.3. The van der Waals surface area contributed by atoms with Crippen molar-refractivity contribution in [2.75, 3.05) is 6.61 Å². The van der Waals surface area contributed by atoms with Gasteiger partial charge in [-0.25, -0.2) is 0 Å². The van der Waals surface area contributed by atoms with Crippen molar-refractivity contribution in [1.29, 1.82) is 0 Å². The number of unbranched alkanes of at least 4 members (excludes halogenated alkanes) is 38. The van der Waals surface area contributed by atoms with Crippen LogP contribution in [-0.4, -0.2) is 57.3 Å². The second-order valence-corrected chi connectivity index (χ2v) is 18.6. The molecule has 0 aromatic carbocycles. The topological polar surface area (TPSA) is 110 Å². The fraction of sp³-hybridized carbons (Fsp3) is 0.943. The van der Waals surface area contributed by atoms with Gasteiger partial charge in [0.05, 0.1) is 18.8 Å². The molecule has 0 saturated heterocycles. The van der Waals surface area contributed by atoms with E-state index in [1.807, 2.05) is 0 Å². The van der Waals surface area contributed by atoms with Gasteiger partial charge in [-0.2, -0.15) is 0 Å². The molecular formula is C53H105NO5. The van der Waals surface area contributed by atoms with Gasteiger partial charge in [0.2, 0.25) is 5.91 Å². The minimum Gasteiger partial charge on any atom is -0.394 e. The predicted octanol–water partition coefficient (Wildman–Crippen LogP) is 14.9. The third-order valence-electron chi connectivity index (χ3n) is 12.7. The number of aliphatic hydroxyl groups is 4. The van der Waals surface area contributed by atoms with Crippen molar-refractivity contribution >= 4 is 5.91 Å². The lowest BCUT2D eigenvalue weighted by Gasteiger charge is -2.27. The zero-order chi connectivity index (χ0) is 43.1. The average molecular weight is 836 g/mol. The molecule has 4 unspecified atom stereocenters. The summed E-state index contributed by atoms with van der Waals surface area (Å²) in [4.78, 5) is 12.5. The zero-order valence-corrected chi connectivity index (χ0v) is 39.8. The first kappa shape index (κ1) is 58.0. The largest absolute Gasteiger partial charge is 0.394 e. The van der Waals surface area contributed by atoms with E-state index in [2.05, 4.69) is 31.3 Å². The fourth-order valence-electron chi connectivity index (χ4n) is 8.53. The van der Waals surface area contributed by atoms with Crippen molar-refractivity contribution in [1.82, 2.24) is 5.32 Å². The number of rotatable bonds is 49. The Bertz CT molecular complexity index is 852. The Balaban J connectivity index is 3.59. The molecule has 59 heavy (non-hydrogen) atoms. The van der Waals surface area contributed by atoms with Crippen molar-refractivity contribution in [3.05, 3.63) is 12.2 Å². The maximum atomic E-state index is 12.5. The smallest absolute Gasteiger partial charge is 0.249 e. The summed E-state index contributed by atoms with van der Waals surface area (Å²) in [6, 6.07) is -0.997. The van der Waals surface area contributed by atoms with E-state index in [1.165, 1.54) is 225 Å². The number of carbonyl (C=O) groups is 1. The van der Waals surface area contributed by atoms with Crippen LogP contribution in [0.4, 0.5) is 0 Å². The molecule has 4 atom stereocenters. The van der Waals surface area contributed by atoms with Crippen molar-refractivity contribution < 1.29 is 25.2 Å². The molecule has 6 nitrogen and oxygen atoms in total. The van der Waals surface area contributed by atoms with E-state index in [-0.39, 0.29) is 0 Å². The van der Waals surface area contributed by atoms with E-state index in [0.717, 1.165) is 38.5 Å². The number of amides is 1. The first-order valence-corrected chi connectivity index (χ1v) is 26.6. The van der Waals surface area contributed by atoms with Crippen LogP contribution in [0.25, 0.3) is 0 Å². The Morgan fingerprint density at radius 3 is 1.02 bits per heavy atom. The summed E-state index contributed by atoms with van der Waals surface area (Å²) in [5.74, 6) is -0.590. The van der Waals surface area contributed by atoms with Crippen molar-refractivity contribution in [3.8, 4) is 0 Å². The number of nitrogens with one attached hydrogen (secondary N) is 1. The van der Waals surface area contributed by atoms with Gasteiger partial charge < -0.3 is 25.7 Å². The highest BCUT2D eigenvalue weighted by molar-refractivity contribution is 5.80. The fourth-order valence-corrected chi connectivity index (χ4v) is 8.53. The van der Waals surface area contributed by atoms with E-state index < -0.39 is 36.9 Å². The van der Waals surface area contributed by atoms with E-state index in [1.54, 1.807) is 0 Å². The van der Waals surface area contributed by atoms with Gasteiger partial charge in [0.25, 0.3) is 0 Å². The minimum atomic E-state index is -1.28. The van der Waals surface area contributed by atoms with Gasteiger partial charge in [-0.3, -0.25) is 4.79 Å². The van der Waals surface area contributed by atoms with E-state index in [4.69, 9.17) is 0 Å². The molecule has 0 fully saturated rings. The van der Waals surface area contributed by atoms with Gasteiger partial charge in [-0.1, -0.05) is 264 Å². The molecule has 0 aliphatic rings. The molecule has 0 aromatic rings. The van der Waals surface area contributed by atoms with Crippen molar-refractivity contribution in [2.45, 2.75) is 314 Å². The van der Waals surface area contributed by atoms with Crippen LogP contribution in [0.5, 0.6) is 0 Å². The zero-order valence-electron chi connectivity index (χ0n) is 39.8. The first-order chi connectivity index (χ1) is 29.0. The Labute approximate surface area is 368 Å². The van der Waals surface area contributed by atoms with Crippen LogP contribution < -0.4 is 5.32 Å². The molecule has 0 spiro atoms. The van der Waals surface area contributed by atoms with Crippen LogP contribution >= 0.6 is 0 Å². The van der Waals surface area contributed by atoms with Crippen molar-refractivity contribution in [2.24, 2.45) is 0 Å². The summed E-state index contributed by atoms with van der Waals surface area (Å²) >= 11 is 0. The lowest BCUT2D eigenvalue weighted by atomic mass is 10.00. The number of hydrogen-bond acceptors (Lipinski definition) is 5. The number of allylic oxidation sites excluding steroid dienone is 2. The number of hydrogen-bond donors (Lipinski definition) is 5. The minimum absolute atomic E-state index is 0.367. The standard InChI is InChI=1S/C53H105NO5/c1-3-5-7-9-11-13-15-17-18-19-20-21-22-23-24-25-26-27-28-29-30-31-32-33-35-36-38-40-42-44-46-50(56)52(58)49(48-55)54-53(59)51(57)47-45-43-41-39-37-34-16-14-12-10-8-6-4-2/h38,40,49-52,55-58H,3-37,39,41-48H2,1-2H3,(H,54,59)/b40-38+.